The number of hydrogen-bond acceptors (Lipinski definition) is 5. The van der Waals surface area contributed by atoms with Gasteiger partial charge in [0.1, 0.15) is 0 Å². The van der Waals surface area contributed by atoms with Crippen molar-refractivity contribution in [3.05, 3.63) is 0 Å². The van der Waals surface area contributed by atoms with Gasteiger partial charge in [-0.3, -0.25) is 10.1 Å². The number of rotatable bonds is 8. The van der Waals surface area contributed by atoms with Gasteiger partial charge in [-0.2, -0.15) is 0 Å². The van der Waals surface area contributed by atoms with Gasteiger partial charge < -0.3 is 14.9 Å². The maximum Gasteiger partial charge on any atom is 0.409 e. The lowest BCUT2D eigenvalue weighted by Crippen LogP contribution is -2.27. The fourth-order valence-corrected chi connectivity index (χ4v) is 0.795. The Morgan fingerprint density at radius 2 is 2.11 bits per heavy atom. The van der Waals surface area contributed by atoms with Gasteiger partial charge in [0, 0.05) is 6.92 Å². The SMILES string of the molecule is CCC(C)COC(=O)NCO/N=C/CNC(C)=O. The summed E-state index contributed by atoms with van der Waals surface area (Å²) in [7, 11) is 0. The summed E-state index contributed by atoms with van der Waals surface area (Å²) in [5.74, 6) is 0.195. The number of hydrogen-bond donors (Lipinski definition) is 2. The van der Waals surface area contributed by atoms with Crippen molar-refractivity contribution in [3.8, 4) is 0 Å². The lowest BCUT2D eigenvalue weighted by molar-refractivity contribution is -0.118. The van der Waals surface area contributed by atoms with Crippen LogP contribution in [0.2, 0.25) is 0 Å². The standard InChI is InChI=1S/C11H21N3O4/c1-4-9(2)7-17-11(16)13-8-18-14-6-5-12-10(3)15/h6,9H,4-5,7-8H2,1-3H3,(H,12,15)(H,13,16)/b14-6+. The highest BCUT2D eigenvalue weighted by Gasteiger charge is 2.04. The quantitative estimate of drug-likeness (QED) is 0.293. The van der Waals surface area contributed by atoms with Crippen LogP contribution < -0.4 is 10.6 Å². The van der Waals surface area contributed by atoms with Crippen LogP contribution in [0.5, 0.6) is 0 Å². The van der Waals surface area contributed by atoms with Crippen LogP contribution in [0.25, 0.3) is 0 Å². The highest BCUT2D eigenvalue weighted by molar-refractivity contribution is 5.76. The third kappa shape index (κ3) is 10.7. The molecule has 2 N–H and O–H groups in total. The van der Waals surface area contributed by atoms with Crippen LogP contribution in [0, 0.1) is 5.92 Å². The van der Waals surface area contributed by atoms with E-state index >= 15 is 0 Å². The van der Waals surface area contributed by atoms with Crippen LogP contribution in [-0.4, -0.2) is 38.1 Å². The molecule has 104 valence electrons. The summed E-state index contributed by atoms with van der Waals surface area (Å²) in [4.78, 5) is 26.3. The largest absolute Gasteiger partial charge is 0.449 e. The van der Waals surface area contributed by atoms with Crippen LogP contribution >= 0.6 is 0 Å². The van der Waals surface area contributed by atoms with Crippen molar-refractivity contribution in [2.24, 2.45) is 11.1 Å². The summed E-state index contributed by atoms with van der Waals surface area (Å²) < 4.78 is 4.91. The second-order valence-corrected chi connectivity index (χ2v) is 3.79. The molecule has 0 aliphatic heterocycles. The molecule has 0 spiro atoms. The number of nitrogens with zero attached hydrogens (tertiary/aromatic N) is 1. The maximum atomic E-state index is 11.1. The summed E-state index contributed by atoms with van der Waals surface area (Å²) >= 11 is 0. The first-order valence-corrected chi connectivity index (χ1v) is 5.85. The first kappa shape index (κ1) is 16.2. The Hall–Kier alpha value is -1.79. The van der Waals surface area contributed by atoms with Gasteiger partial charge in [-0.1, -0.05) is 25.4 Å². The summed E-state index contributed by atoms with van der Waals surface area (Å²) in [6.45, 7) is 6.02. The molecule has 1 atom stereocenters. The number of carbonyl (C=O) groups is 2. The van der Waals surface area contributed by atoms with E-state index in [1.807, 2.05) is 13.8 Å². The molecule has 0 bridgehead atoms. The Morgan fingerprint density at radius 1 is 1.39 bits per heavy atom. The molecule has 0 fully saturated rings. The van der Waals surface area contributed by atoms with Crippen molar-refractivity contribution in [1.82, 2.24) is 10.6 Å². The average Bonchev–Trinajstić information content (AvgIpc) is 2.34. The van der Waals surface area contributed by atoms with Crippen LogP contribution in [0.15, 0.2) is 5.16 Å². The molecule has 7 heteroatoms. The van der Waals surface area contributed by atoms with Gasteiger partial charge in [-0.15, -0.1) is 0 Å². The van der Waals surface area contributed by atoms with E-state index in [1.165, 1.54) is 13.1 Å². The lowest BCUT2D eigenvalue weighted by Gasteiger charge is -2.09. The predicted molar refractivity (Wildman–Crippen MR) is 67.1 cm³/mol. The molecule has 0 saturated carbocycles. The fourth-order valence-electron chi connectivity index (χ4n) is 0.795. The van der Waals surface area contributed by atoms with E-state index in [2.05, 4.69) is 15.8 Å². The molecule has 1 unspecified atom stereocenters. The van der Waals surface area contributed by atoms with Gasteiger partial charge in [0.15, 0.2) is 6.73 Å². The number of amides is 2. The molecule has 0 rings (SSSR count). The lowest BCUT2D eigenvalue weighted by atomic mass is 10.1. The number of carbonyl (C=O) groups excluding carboxylic acids is 2. The molecule has 0 aromatic rings. The van der Waals surface area contributed by atoms with E-state index < -0.39 is 6.09 Å². The summed E-state index contributed by atoms with van der Waals surface area (Å²) in [5.41, 5.74) is 0. The maximum absolute atomic E-state index is 11.1. The highest BCUT2D eigenvalue weighted by atomic mass is 16.6. The molecule has 0 aliphatic carbocycles. The van der Waals surface area contributed by atoms with Crippen molar-refractivity contribution >= 4 is 18.2 Å². The first-order chi connectivity index (χ1) is 8.56. The van der Waals surface area contributed by atoms with E-state index in [0.717, 1.165) is 6.42 Å². The van der Waals surface area contributed by atoms with E-state index in [0.29, 0.717) is 12.5 Å². The first-order valence-electron chi connectivity index (χ1n) is 5.85. The van der Waals surface area contributed by atoms with Gasteiger partial charge in [0.05, 0.1) is 19.4 Å². The Kier molecular flexibility index (Phi) is 9.34. The normalized spacial score (nSPS) is 11.9. The van der Waals surface area contributed by atoms with Crippen molar-refractivity contribution in [2.75, 3.05) is 19.9 Å². The number of alkyl carbamates (subject to hydrolysis) is 1. The fraction of sp³-hybridized carbons (Fsp3) is 0.727. The van der Waals surface area contributed by atoms with E-state index in [1.54, 1.807) is 0 Å². The zero-order valence-electron chi connectivity index (χ0n) is 11.1. The summed E-state index contributed by atoms with van der Waals surface area (Å²) in [6.07, 6.45) is 1.80. The Labute approximate surface area is 107 Å². The number of oxime groups is 1. The molecule has 0 aromatic carbocycles. The molecule has 7 nitrogen and oxygen atoms in total. The number of ether oxygens (including phenoxy) is 1. The summed E-state index contributed by atoms with van der Waals surface area (Å²) in [5, 5.41) is 8.40. The van der Waals surface area contributed by atoms with Gasteiger partial charge >= 0.3 is 6.09 Å². The topological polar surface area (TPSA) is 89.0 Å². The van der Waals surface area contributed by atoms with Crippen molar-refractivity contribution in [1.29, 1.82) is 0 Å². The molecule has 2 amide bonds. The monoisotopic (exact) mass is 259 g/mol. The van der Waals surface area contributed by atoms with Crippen LogP contribution in [0.3, 0.4) is 0 Å². The predicted octanol–water partition coefficient (Wildman–Crippen LogP) is 0.855. The Balaban J connectivity index is 3.42. The zero-order chi connectivity index (χ0) is 13.8. The molecule has 0 radical (unpaired) electrons. The third-order valence-corrected chi connectivity index (χ3v) is 2.07. The molecular formula is C11H21N3O4. The Bertz CT molecular complexity index is 281. The van der Waals surface area contributed by atoms with Crippen LogP contribution in [0.1, 0.15) is 27.2 Å². The van der Waals surface area contributed by atoms with Crippen LogP contribution in [-0.2, 0) is 14.4 Å². The van der Waals surface area contributed by atoms with E-state index in [4.69, 9.17) is 9.57 Å². The minimum Gasteiger partial charge on any atom is -0.449 e. The van der Waals surface area contributed by atoms with Crippen molar-refractivity contribution < 1.29 is 19.2 Å². The van der Waals surface area contributed by atoms with Crippen molar-refractivity contribution in [2.45, 2.75) is 27.2 Å². The smallest absolute Gasteiger partial charge is 0.409 e. The molecular weight excluding hydrogens is 238 g/mol. The van der Waals surface area contributed by atoms with Gasteiger partial charge in [-0.25, -0.2) is 4.79 Å². The second kappa shape index (κ2) is 10.4. The minimum atomic E-state index is -0.535. The third-order valence-electron chi connectivity index (χ3n) is 2.07. The van der Waals surface area contributed by atoms with E-state index in [-0.39, 0.29) is 19.2 Å². The molecule has 18 heavy (non-hydrogen) atoms. The molecule has 0 aromatic heterocycles. The van der Waals surface area contributed by atoms with Gasteiger partial charge in [0.25, 0.3) is 0 Å². The van der Waals surface area contributed by atoms with Crippen molar-refractivity contribution in [3.63, 3.8) is 0 Å². The van der Waals surface area contributed by atoms with E-state index in [9.17, 15) is 9.59 Å². The van der Waals surface area contributed by atoms with Gasteiger partial charge in [0.2, 0.25) is 5.91 Å². The summed E-state index contributed by atoms with van der Waals surface area (Å²) in [6, 6.07) is 0. The minimum absolute atomic E-state index is 0.0735. The molecule has 0 aliphatic rings. The average molecular weight is 259 g/mol. The second-order valence-electron chi connectivity index (χ2n) is 3.79. The molecule has 0 saturated heterocycles. The van der Waals surface area contributed by atoms with Crippen LogP contribution in [0.4, 0.5) is 4.79 Å². The van der Waals surface area contributed by atoms with Gasteiger partial charge in [-0.05, 0) is 5.92 Å². The zero-order valence-corrected chi connectivity index (χ0v) is 11.1. The number of nitrogens with one attached hydrogen (secondary N) is 2. The molecule has 0 heterocycles. The Morgan fingerprint density at radius 3 is 2.72 bits per heavy atom. The highest BCUT2D eigenvalue weighted by Crippen LogP contribution is 2.00.